The SMILES string of the molecule is OCC=Cc1ccc(CBr)cc1. The van der Waals surface area contributed by atoms with Crippen LogP contribution in [0.15, 0.2) is 30.3 Å². The van der Waals surface area contributed by atoms with E-state index in [1.807, 2.05) is 18.2 Å². The molecular weight excluding hydrogens is 216 g/mol. The van der Waals surface area contributed by atoms with Gasteiger partial charge in [0.1, 0.15) is 0 Å². The standard InChI is InChI=1S/C10H11BrO/c11-8-10-5-3-9(4-6-10)2-1-7-12/h1-6,12H,7-8H2. The van der Waals surface area contributed by atoms with E-state index in [2.05, 4.69) is 28.1 Å². The van der Waals surface area contributed by atoms with Gasteiger partial charge in [0.05, 0.1) is 6.61 Å². The van der Waals surface area contributed by atoms with Gasteiger partial charge in [0.15, 0.2) is 0 Å². The molecule has 0 saturated heterocycles. The minimum atomic E-state index is 0.0974. The van der Waals surface area contributed by atoms with Crippen LogP contribution in [0.2, 0.25) is 0 Å². The van der Waals surface area contributed by atoms with E-state index >= 15 is 0 Å². The normalized spacial score (nSPS) is 10.8. The molecule has 0 aliphatic rings. The molecule has 0 atom stereocenters. The number of hydrogen-bond donors (Lipinski definition) is 1. The maximum absolute atomic E-state index is 8.53. The smallest absolute Gasteiger partial charge is 0.0615 e. The van der Waals surface area contributed by atoms with Gasteiger partial charge in [-0.1, -0.05) is 52.3 Å². The molecule has 64 valence electrons. The summed E-state index contributed by atoms with van der Waals surface area (Å²) in [5.74, 6) is 0. The molecule has 0 fully saturated rings. The molecule has 0 saturated carbocycles. The molecular formula is C10H11BrO. The highest BCUT2D eigenvalue weighted by Gasteiger charge is 1.88. The summed E-state index contributed by atoms with van der Waals surface area (Å²) in [4.78, 5) is 0. The fourth-order valence-corrected chi connectivity index (χ4v) is 1.28. The number of alkyl halides is 1. The summed E-state index contributed by atoms with van der Waals surface area (Å²) in [6.07, 6.45) is 3.63. The van der Waals surface area contributed by atoms with Crippen molar-refractivity contribution in [1.82, 2.24) is 0 Å². The molecule has 0 spiro atoms. The lowest BCUT2D eigenvalue weighted by Crippen LogP contribution is -1.78. The lowest BCUT2D eigenvalue weighted by atomic mass is 10.1. The van der Waals surface area contributed by atoms with Crippen LogP contribution in [0.3, 0.4) is 0 Å². The van der Waals surface area contributed by atoms with Crippen LogP contribution in [0, 0.1) is 0 Å². The van der Waals surface area contributed by atoms with Crippen LogP contribution >= 0.6 is 15.9 Å². The minimum Gasteiger partial charge on any atom is -0.392 e. The van der Waals surface area contributed by atoms with Crippen LogP contribution in [0.25, 0.3) is 6.08 Å². The molecule has 0 amide bonds. The maximum Gasteiger partial charge on any atom is 0.0615 e. The maximum atomic E-state index is 8.53. The Morgan fingerprint density at radius 1 is 1.25 bits per heavy atom. The molecule has 0 aliphatic heterocycles. The second-order valence-corrected chi connectivity index (χ2v) is 3.02. The third-order valence-corrected chi connectivity index (χ3v) is 2.20. The summed E-state index contributed by atoms with van der Waals surface area (Å²) in [5.41, 5.74) is 2.38. The summed E-state index contributed by atoms with van der Waals surface area (Å²) < 4.78 is 0. The second kappa shape index (κ2) is 5.12. The van der Waals surface area contributed by atoms with E-state index in [0.717, 1.165) is 10.9 Å². The summed E-state index contributed by atoms with van der Waals surface area (Å²) >= 11 is 3.38. The van der Waals surface area contributed by atoms with Gasteiger partial charge in [-0.2, -0.15) is 0 Å². The minimum absolute atomic E-state index is 0.0974. The van der Waals surface area contributed by atoms with Gasteiger partial charge in [0, 0.05) is 5.33 Å². The van der Waals surface area contributed by atoms with Crippen molar-refractivity contribution in [2.75, 3.05) is 6.61 Å². The van der Waals surface area contributed by atoms with Crippen LogP contribution < -0.4 is 0 Å². The molecule has 1 aromatic carbocycles. The third kappa shape index (κ3) is 2.80. The predicted octanol–water partition coefficient (Wildman–Crippen LogP) is 2.59. The highest BCUT2D eigenvalue weighted by molar-refractivity contribution is 9.08. The molecule has 0 unspecified atom stereocenters. The Morgan fingerprint density at radius 2 is 1.92 bits per heavy atom. The Bertz CT molecular complexity index is 251. The third-order valence-electron chi connectivity index (χ3n) is 1.55. The van der Waals surface area contributed by atoms with Crippen molar-refractivity contribution in [2.24, 2.45) is 0 Å². The quantitative estimate of drug-likeness (QED) is 0.787. The van der Waals surface area contributed by atoms with Crippen molar-refractivity contribution in [1.29, 1.82) is 0 Å². The van der Waals surface area contributed by atoms with Gasteiger partial charge in [0.25, 0.3) is 0 Å². The Balaban J connectivity index is 2.71. The number of rotatable bonds is 3. The van der Waals surface area contributed by atoms with Crippen molar-refractivity contribution < 1.29 is 5.11 Å². The molecule has 0 bridgehead atoms. The lowest BCUT2D eigenvalue weighted by molar-refractivity contribution is 0.343. The second-order valence-electron chi connectivity index (χ2n) is 2.46. The molecule has 1 rings (SSSR count). The van der Waals surface area contributed by atoms with E-state index in [1.54, 1.807) is 6.08 Å². The van der Waals surface area contributed by atoms with Crippen molar-refractivity contribution >= 4 is 22.0 Å². The van der Waals surface area contributed by atoms with Crippen LogP contribution in [-0.4, -0.2) is 11.7 Å². The zero-order valence-electron chi connectivity index (χ0n) is 6.70. The Kier molecular flexibility index (Phi) is 4.05. The number of halogens is 1. The molecule has 0 aromatic heterocycles. The zero-order chi connectivity index (χ0) is 8.81. The van der Waals surface area contributed by atoms with E-state index < -0.39 is 0 Å². The Labute approximate surface area is 80.9 Å². The average molecular weight is 227 g/mol. The van der Waals surface area contributed by atoms with Gasteiger partial charge in [-0.25, -0.2) is 0 Å². The van der Waals surface area contributed by atoms with Gasteiger partial charge >= 0.3 is 0 Å². The first-order valence-electron chi connectivity index (χ1n) is 3.79. The van der Waals surface area contributed by atoms with E-state index in [4.69, 9.17) is 5.11 Å². The van der Waals surface area contributed by atoms with Crippen LogP contribution in [0.5, 0.6) is 0 Å². The van der Waals surface area contributed by atoms with Gasteiger partial charge in [0.2, 0.25) is 0 Å². The largest absolute Gasteiger partial charge is 0.392 e. The zero-order valence-corrected chi connectivity index (χ0v) is 8.29. The molecule has 2 heteroatoms. The Hall–Kier alpha value is -0.600. The molecule has 12 heavy (non-hydrogen) atoms. The van der Waals surface area contributed by atoms with E-state index in [1.165, 1.54) is 5.56 Å². The molecule has 1 aromatic rings. The van der Waals surface area contributed by atoms with E-state index in [0.29, 0.717) is 0 Å². The van der Waals surface area contributed by atoms with Crippen LogP contribution in [0.4, 0.5) is 0 Å². The molecule has 0 aliphatic carbocycles. The predicted molar refractivity (Wildman–Crippen MR) is 55.2 cm³/mol. The van der Waals surface area contributed by atoms with Crippen LogP contribution in [-0.2, 0) is 5.33 Å². The number of benzene rings is 1. The average Bonchev–Trinajstić information content (AvgIpc) is 2.15. The fourth-order valence-electron chi connectivity index (χ4n) is 0.907. The van der Waals surface area contributed by atoms with Gasteiger partial charge in [-0.3, -0.25) is 0 Å². The number of hydrogen-bond acceptors (Lipinski definition) is 1. The topological polar surface area (TPSA) is 20.2 Å². The summed E-state index contributed by atoms with van der Waals surface area (Å²) in [6.45, 7) is 0.0974. The first-order valence-corrected chi connectivity index (χ1v) is 4.91. The Morgan fingerprint density at radius 3 is 2.42 bits per heavy atom. The van der Waals surface area contributed by atoms with Crippen molar-refractivity contribution in [3.8, 4) is 0 Å². The molecule has 1 N–H and O–H groups in total. The first kappa shape index (κ1) is 9.49. The fraction of sp³-hybridized carbons (Fsp3) is 0.200. The molecule has 0 heterocycles. The highest BCUT2D eigenvalue weighted by atomic mass is 79.9. The summed E-state index contributed by atoms with van der Waals surface area (Å²) in [5, 5.41) is 9.42. The summed E-state index contributed by atoms with van der Waals surface area (Å²) in [7, 11) is 0. The number of aliphatic hydroxyl groups is 1. The van der Waals surface area contributed by atoms with Gasteiger partial charge in [-0.05, 0) is 11.1 Å². The number of aliphatic hydroxyl groups excluding tert-OH is 1. The van der Waals surface area contributed by atoms with Gasteiger partial charge in [-0.15, -0.1) is 0 Å². The monoisotopic (exact) mass is 226 g/mol. The van der Waals surface area contributed by atoms with Crippen molar-refractivity contribution in [3.63, 3.8) is 0 Å². The highest BCUT2D eigenvalue weighted by Crippen LogP contribution is 2.08. The lowest BCUT2D eigenvalue weighted by Gasteiger charge is -1.95. The first-order chi connectivity index (χ1) is 5.86. The van der Waals surface area contributed by atoms with E-state index in [-0.39, 0.29) is 6.61 Å². The summed E-state index contributed by atoms with van der Waals surface area (Å²) in [6, 6.07) is 8.18. The molecule has 1 nitrogen and oxygen atoms in total. The van der Waals surface area contributed by atoms with Crippen LogP contribution in [0.1, 0.15) is 11.1 Å². The van der Waals surface area contributed by atoms with Crippen molar-refractivity contribution in [2.45, 2.75) is 5.33 Å². The van der Waals surface area contributed by atoms with Gasteiger partial charge < -0.3 is 5.11 Å². The van der Waals surface area contributed by atoms with Crippen molar-refractivity contribution in [3.05, 3.63) is 41.5 Å². The molecule has 0 radical (unpaired) electrons. The van der Waals surface area contributed by atoms with E-state index in [9.17, 15) is 0 Å².